The number of halogens is 1. The molecule has 21 heavy (non-hydrogen) atoms. The molecule has 1 N–H and O–H groups in total. The van der Waals surface area contributed by atoms with Gasteiger partial charge in [0.05, 0.1) is 0 Å². The number of hydrogen-bond donors (Lipinski definition) is 1. The minimum atomic E-state index is -0.116. The lowest BCUT2D eigenvalue weighted by Gasteiger charge is -2.19. The van der Waals surface area contributed by atoms with Crippen LogP contribution in [0.25, 0.3) is 0 Å². The van der Waals surface area contributed by atoms with Crippen molar-refractivity contribution in [2.24, 2.45) is 0 Å². The Labute approximate surface area is 127 Å². The van der Waals surface area contributed by atoms with Crippen LogP contribution in [0.15, 0.2) is 48.5 Å². The Morgan fingerprint density at radius 3 is 2.43 bits per heavy atom. The molecule has 0 aliphatic heterocycles. The minimum absolute atomic E-state index is 0.0763. The third-order valence-electron chi connectivity index (χ3n) is 3.76. The summed E-state index contributed by atoms with van der Waals surface area (Å²) in [6, 6.07) is 15.7. The zero-order chi connectivity index (χ0) is 15.1. The van der Waals surface area contributed by atoms with Gasteiger partial charge in [-0.25, -0.2) is 4.39 Å². The van der Waals surface area contributed by atoms with E-state index in [4.69, 9.17) is 0 Å². The van der Waals surface area contributed by atoms with Gasteiger partial charge in [-0.3, -0.25) is 0 Å². The molecule has 1 atom stereocenters. The summed E-state index contributed by atoms with van der Waals surface area (Å²) in [6.07, 6.45) is 2.91. The summed E-state index contributed by atoms with van der Waals surface area (Å²) in [5.74, 6) is -0.116. The normalized spacial score (nSPS) is 12.3. The number of benzene rings is 2. The van der Waals surface area contributed by atoms with Crippen molar-refractivity contribution >= 4 is 0 Å². The van der Waals surface area contributed by atoms with Gasteiger partial charge in [-0.2, -0.15) is 0 Å². The van der Waals surface area contributed by atoms with Gasteiger partial charge in [-0.15, -0.1) is 0 Å². The van der Waals surface area contributed by atoms with Gasteiger partial charge < -0.3 is 5.32 Å². The molecule has 2 rings (SSSR count). The number of nitrogens with one attached hydrogen (secondary N) is 1. The Hall–Kier alpha value is -1.67. The predicted octanol–water partition coefficient (Wildman–Crippen LogP) is 4.81. The highest BCUT2D eigenvalue weighted by Gasteiger charge is 2.14. The summed E-state index contributed by atoms with van der Waals surface area (Å²) in [6.45, 7) is 5.13. The summed E-state index contributed by atoms with van der Waals surface area (Å²) < 4.78 is 14.0. The molecule has 2 aromatic carbocycles. The summed E-state index contributed by atoms with van der Waals surface area (Å²) in [5, 5.41) is 3.47. The van der Waals surface area contributed by atoms with Gasteiger partial charge >= 0.3 is 0 Å². The molecule has 0 bridgehead atoms. The minimum Gasteiger partial charge on any atom is -0.310 e. The Bertz CT molecular complexity index is 548. The van der Waals surface area contributed by atoms with E-state index in [1.165, 1.54) is 11.1 Å². The second kappa shape index (κ2) is 7.94. The summed E-state index contributed by atoms with van der Waals surface area (Å²) >= 11 is 0. The molecule has 1 nitrogen and oxygen atoms in total. The SMILES string of the molecule is CCCNC(CCc1ccc(C)cc1)c1ccccc1F. The zero-order valence-electron chi connectivity index (χ0n) is 12.9. The third kappa shape index (κ3) is 4.68. The first-order valence-electron chi connectivity index (χ1n) is 7.74. The number of hydrogen-bond acceptors (Lipinski definition) is 1. The highest BCUT2D eigenvalue weighted by atomic mass is 19.1. The van der Waals surface area contributed by atoms with E-state index in [0.717, 1.165) is 31.4 Å². The van der Waals surface area contributed by atoms with Crippen molar-refractivity contribution in [2.75, 3.05) is 6.54 Å². The molecule has 0 fully saturated rings. The van der Waals surface area contributed by atoms with E-state index >= 15 is 0 Å². The molecule has 2 heteroatoms. The van der Waals surface area contributed by atoms with Crippen LogP contribution in [0.4, 0.5) is 4.39 Å². The average Bonchev–Trinajstić information content (AvgIpc) is 2.50. The zero-order valence-corrected chi connectivity index (χ0v) is 12.9. The van der Waals surface area contributed by atoms with Gasteiger partial charge in [-0.05, 0) is 44.4 Å². The van der Waals surface area contributed by atoms with E-state index in [1.54, 1.807) is 12.1 Å². The van der Waals surface area contributed by atoms with Gasteiger partial charge in [0.1, 0.15) is 5.82 Å². The van der Waals surface area contributed by atoms with Crippen molar-refractivity contribution in [3.05, 3.63) is 71.0 Å². The van der Waals surface area contributed by atoms with Crippen LogP contribution >= 0.6 is 0 Å². The summed E-state index contributed by atoms with van der Waals surface area (Å²) in [4.78, 5) is 0. The molecule has 1 unspecified atom stereocenters. The lowest BCUT2D eigenvalue weighted by molar-refractivity contribution is 0.473. The van der Waals surface area contributed by atoms with Crippen LogP contribution < -0.4 is 5.32 Å². The predicted molar refractivity (Wildman–Crippen MR) is 86.9 cm³/mol. The highest BCUT2D eigenvalue weighted by Crippen LogP contribution is 2.22. The van der Waals surface area contributed by atoms with Crippen molar-refractivity contribution in [1.82, 2.24) is 5.32 Å². The molecular formula is C19H24FN. The highest BCUT2D eigenvalue weighted by molar-refractivity contribution is 5.24. The van der Waals surface area contributed by atoms with Crippen LogP contribution in [-0.4, -0.2) is 6.54 Å². The standard InChI is InChI=1S/C19H24FN/c1-3-14-21-19(17-6-4-5-7-18(17)20)13-12-16-10-8-15(2)9-11-16/h4-11,19,21H,3,12-14H2,1-2H3. The maximum atomic E-state index is 14.0. The van der Waals surface area contributed by atoms with E-state index < -0.39 is 0 Å². The molecule has 0 saturated carbocycles. The quantitative estimate of drug-likeness (QED) is 0.770. The lowest BCUT2D eigenvalue weighted by Crippen LogP contribution is -2.23. The van der Waals surface area contributed by atoms with Crippen LogP contribution in [0.2, 0.25) is 0 Å². The largest absolute Gasteiger partial charge is 0.310 e. The van der Waals surface area contributed by atoms with Crippen LogP contribution in [0.5, 0.6) is 0 Å². The van der Waals surface area contributed by atoms with Crippen molar-refractivity contribution < 1.29 is 4.39 Å². The van der Waals surface area contributed by atoms with Crippen molar-refractivity contribution in [2.45, 2.75) is 39.2 Å². The van der Waals surface area contributed by atoms with Crippen LogP contribution in [0.1, 0.15) is 42.5 Å². The second-order valence-electron chi connectivity index (χ2n) is 5.55. The maximum Gasteiger partial charge on any atom is 0.127 e. The number of aryl methyl sites for hydroxylation is 2. The van der Waals surface area contributed by atoms with Crippen LogP contribution in [-0.2, 0) is 6.42 Å². The summed E-state index contributed by atoms with van der Waals surface area (Å²) in [7, 11) is 0. The fraction of sp³-hybridized carbons (Fsp3) is 0.368. The third-order valence-corrected chi connectivity index (χ3v) is 3.76. The molecule has 0 aliphatic carbocycles. The first-order chi connectivity index (χ1) is 10.2. The smallest absolute Gasteiger partial charge is 0.127 e. The van der Waals surface area contributed by atoms with E-state index in [2.05, 4.69) is 43.4 Å². The first-order valence-corrected chi connectivity index (χ1v) is 7.74. The molecule has 0 aliphatic rings. The Morgan fingerprint density at radius 1 is 1.05 bits per heavy atom. The molecule has 112 valence electrons. The van der Waals surface area contributed by atoms with Crippen LogP contribution in [0.3, 0.4) is 0 Å². The Balaban J connectivity index is 2.06. The van der Waals surface area contributed by atoms with Gasteiger partial charge in [0.2, 0.25) is 0 Å². The second-order valence-corrected chi connectivity index (χ2v) is 5.55. The van der Waals surface area contributed by atoms with Gasteiger partial charge in [0.25, 0.3) is 0 Å². The van der Waals surface area contributed by atoms with Gasteiger partial charge in [0, 0.05) is 11.6 Å². The fourth-order valence-corrected chi connectivity index (χ4v) is 2.51. The lowest BCUT2D eigenvalue weighted by atomic mass is 9.98. The van der Waals surface area contributed by atoms with Crippen molar-refractivity contribution in [3.63, 3.8) is 0 Å². The monoisotopic (exact) mass is 285 g/mol. The van der Waals surface area contributed by atoms with E-state index in [1.807, 2.05) is 12.1 Å². The molecule has 2 aromatic rings. The molecule has 0 amide bonds. The topological polar surface area (TPSA) is 12.0 Å². The van der Waals surface area contributed by atoms with Crippen LogP contribution in [0, 0.1) is 12.7 Å². The molecule has 0 spiro atoms. The van der Waals surface area contributed by atoms with E-state index in [-0.39, 0.29) is 11.9 Å². The van der Waals surface area contributed by atoms with Crippen molar-refractivity contribution in [3.8, 4) is 0 Å². The maximum absolute atomic E-state index is 14.0. The van der Waals surface area contributed by atoms with Gasteiger partial charge in [0.15, 0.2) is 0 Å². The summed E-state index contributed by atoms with van der Waals surface area (Å²) in [5.41, 5.74) is 3.35. The first kappa shape index (κ1) is 15.7. The Morgan fingerprint density at radius 2 is 1.76 bits per heavy atom. The molecular weight excluding hydrogens is 261 g/mol. The molecule has 0 radical (unpaired) electrons. The fourth-order valence-electron chi connectivity index (χ4n) is 2.51. The van der Waals surface area contributed by atoms with E-state index in [0.29, 0.717) is 0 Å². The van der Waals surface area contributed by atoms with E-state index in [9.17, 15) is 4.39 Å². The van der Waals surface area contributed by atoms with Gasteiger partial charge in [-0.1, -0.05) is 55.0 Å². The Kier molecular flexibility index (Phi) is 5.94. The number of rotatable bonds is 7. The van der Waals surface area contributed by atoms with Crippen molar-refractivity contribution in [1.29, 1.82) is 0 Å². The molecule has 0 aromatic heterocycles. The molecule has 0 heterocycles. The average molecular weight is 285 g/mol. The molecule has 0 saturated heterocycles.